The van der Waals surface area contributed by atoms with E-state index in [1.165, 1.54) is 30.9 Å². The summed E-state index contributed by atoms with van der Waals surface area (Å²) in [5.41, 5.74) is 3.30. The van der Waals surface area contributed by atoms with Gasteiger partial charge in [-0.25, -0.2) is 4.98 Å². The molecular formula is C31H26BNO2S. The van der Waals surface area contributed by atoms with Crippen molar-refractivity contribution in [2.45, 2.75) is 38.9 Å². The summed E-state index contributed by atoms with van der Waals surface area (Å²) in [6.07, 6.45) is 0. The molecular weight excluding hydrogens is 461 g/mol. The first-order valence-corrected chi connectivity index (χ1v) is 13.2. The third-order valence-corrected chi connectivity index (χ3v) is 9.10. The highest BCUT2D eigenvalue weighted by Crippen LogP contribution is 2.43. The van der Waals surface area contributed by atoms with Gasteiger partial charge in [0.2, 0.25) is 0 Å². The molecule has 0 amide bonds. The van der Waals surface area contributed by atoms with Gasteiger partial charge in [0, 0.05) is 41.9 Å². The van der Waals surface area contributed by atoms with Gasteiger partial charge in [0.25, 0.3) is 0 Å². The molecule has 36 heavy (non-hydrogen) atoms. The number of benzene rings is 4. The summed E-state index contributed by atoms with van der Waals surface area (Å²) in [5, 5.41) is 6.19. The van der Waals surface area contributed by atoms with Gasteiger partial charge in [-0.15, -0.1) is 11.3 Å². The molecule has 1 fully saturated rings. The van der Waals surface area contributed by atoms with Crippen LogP contribution in [0.2, 0.25) is 0 Å². The van der Waals surface area contributed by atoms with E-state index in [2.05, 4.69) is 107 Å². The molecule has 1 aliphatic rings. The maximum absolute atomic E-state index is 6.36. The number of hydrogen-bond acceptors (Lipinski definition) is 4. The van der Waals surface area contributed by atoms with Crippen LogP contribution in [0.5, 0.6) is 0 Å². The summed E-state index contributed by atoms with van der Waals surface area (Å²) in [6, 6.07) is 30.1. The number of pyridine rings is 1. The minimum atomic E-state index is -0.419. The van der Waals surface area contributed by atoms with Crippen LogP contribution in [0.4, 0.5) is 0 Å². The molecule has 0 atom stereocenters. The Labute approximate surface area is 214 Å². The van der Waals surface area contributed by atoms with Gasteiger partial charge in [0.1, 0.15) is 0 Å². The van der Waals surface area contributed by atoms with E-state index in [0.29, 0.717) is 0 Å². The van der Waals surface area contributed by atoms with Gasteiger partial charge < -0.3 is 9.31 Å². The van der Waals surface area contributed by atoms with Crippen molar-refractivity contribution in [3.8, 4) is 11.3 Å². The largest absolute Gasteiger partial charge is 0.494 e. The van der Waals surface area contributed by atoms with Crippen LogP contribution in [-0.2, 0) is 9.31 Å². The van der Waals surface area contributed by atoms with Crippen molar-refractivity contribution >= 4 is 65.8 Å². The standard InChI is InChI=1S/C31H26BNO2S/c1-30(2)31(3,4)35-32(34-30)20-14-15-23-25(18-20)33-28(19-10-6-5-7-11-19)24-17-16-22-21-12-8-9-13-26(21)36-29(22)27(23)24/h5-18H,1-4H3. The van der Waals surface area contributed by atoms with E-state index in [-0.39, 0.29) is 11.2 Å². The first-order valence-electron chi connectivity index (χ1n) is 12.4. The molecule has 6 aromatic rings. The highest BCUT2D eigenvalue weighted by atomic mass is 32.1. The van der Waals surface area contributed by atoms with Crippen LogP contribution < -0.4 is 5.46 Å². The Balaban J connectivity index is 1.54. The number of hydrogen-bond donors (Lipinski definition) is 0. The Kier molecular flexibility index (Phi) is 4.66. The van der Waals surface area contributed by atoms with Gasteiger partial charge in [-0.05, 0) is 45.3 Å². The molecule has 1 saturated heterocycles. The SMILES string of the molecule is CC1(C)OB(c2ccc3c(c2)nc(-c2ccccc2)c2ccc4c5ccccc5sc4c23)OC1(C)C. The number of aromatic nitrogens is 1. The third kappa shape index (κ3) is 3.16. The van der Waals surface area contributed by atoms with Crippen molar-refractivity contribution in [1.82, 2.24) is 4.98 Å². The molecule has 3 nitrogen and oxygen atoms in total. The average Bonchev–Trinajstić information content (AvgIpc) is 3.36. The van der Waals surface area contributed by atoms with Gasteiger partial charge in [-0.2, -0.15) is 0 Å². The Morgan fingerprint density at radius 1 is 0.694 bits per heavy atom. The van der Waals surface area contributed by atoms with Crippen molar-refractivity contribution in [1.29, 1.82) is 0 Å². The maximum atomic E-state index is 6.36. The van der Waals surface area contributed by atoms with Crippen molar-refractivity contribution < 1.29 is 9.31 Å². The van der Waals surface area contributed by atoms with Crippen LogP contribution >= 0.6 is 11.3 Å². The Hall–Kier alpha value is -3.25. The molecule has 0 unspecified atom stereocenters. The highest BCUT2D eigenvalue weighted by Gasteiger charge is 2.51. The quantitative estimate of drug-likeness (QED) is 0.185. The smallest absolute Gasteiger partial charge is 0.399 e. The molecule has 0 bridgehead atoms. The topological polar surface area (TPSA) is 31.4 Å². The fourth-order valence-corrected chi connectivity index (χ4v) is 6.49. The van der Waals surface area contributed by atoms with Gasteiger partial charge in [0.15, 0.2) is 0 Å². The Morgan fingerprint density at radius 2 is 1.36 bits per heavy atom. The van der Waals surface area contributed by atoms with Crippen molar-refractivity contribution in [2.24, 2.45) is 0 Å². The lowest BCUT2D eigenvalue weighted by Crippen LogP contribution is -2.41. The third-order valence-electron chi connectivity index (χ3n) is 7.90. The molecule has 0 saturated carbocycles. The van der Waals surface area contributed by atoms with Crippen LogP contribution in [0.25, 0.3) is 53.1 Å². The minimum Gasteiger partial charge on any atom is -0.399 e. The molecule has 0 spiro atoms. The number of nitrogens with zero attached hydrogens (tertiary/aromatic N) is 1. The summed E-state index contributed by atoms with van der Waals surface area (Å²) >= 11 is 1.86. The van der Waals surface area contributed by atoms with Crippen LogP contribution in [0.3, 0.4) is 0 Å². The number of thiophene rings is 1. The van der Waals surface area contributed by atoms with E-state index in [1.54, 1.807) is 0 Å². The van der Waals surface area contributed by atoms with Crippen LogP contribution in [0, 0.1) is 0 Å². The van der Waals surface area contributed by atoms with Crippen LogP contribution in [0.1, 0.15) is 27.7 Å². The number of fused-ring (bicyclic) bond motifs is 7. The Bertz CT molecular complexity index is 1790. The van der Waals surface area contributed by atoms with E-state index in [1.807, 2.05) is 17.4 Å². The summed E-state index contributed by atoms with van der Waals surface area (Å²) in [4.78, 5) is 5.23. The lowest BCUT2D eigenvalue weighted by Gasteiger charge is -2.32. The van der Waals surface area contributed by atoms with E-state index in [9.17, 15) is 0 Å². The molecule has 3 heterocycles. The minimum absolute atomic E-state index is 0.387. The maximum Gasteiger partial charge on any atom is 0.494 e. The van der Waals surface area contributed by atoms with Crippen molar-refractivity contribution in [3.63, 3.8) is 0 Å². The van der Waals surface area contributed by atoms with Crippen molar-refractivity contribution in [3.05, 3.63) is 84.9 Å². The van der Waals surface area contributed by atoms with Gasteiger partial charge in [-0.1, -0.05) is 72.8 Å². The normalized spacial score (nSPS) is 17.1. The zero-order valence-corrected chi connectivity index (χ0v) is 21.6. The molecule has 4 aromatic carbocycles. The summed E-state index contributed by atoms with van der Waals surface area (Å²) < 4.78 is 15.3. The second kappa shape index (κ2) is 7.63. The van der Waals surface area contributed by atoms with E-state index in [0.717, 1.165) is 27.6 Å². The monoisotopic (exact) mass is 487 g/mol. The van der Waals surface area contributed by atoms with Crippen LogP contribution in [-0.4, -0.2) is 23.3 Å². The average molecular weight is 487 g/mol. The van der Waals surface area contributed by atoms with E-state index >= 15 is 0 Å². The molecule has 0 aliphatic carbocycles. The molecule has 5 heteroatoms. The highest BCUT2D eigenvalue weighted by molar-refractivity contribution is 7.26. The molecule has 176 valence electrons. The predicted molar refractivity (Wildman–Crippen MR) is 153 cm³/mol. The molecule has 7 rings (SSSR count). The first-order chi connectivity index (χ1) is 17.3. The zero-order chi connectivity index (χ0) is 24.7. The molecule has 0 N–H and O–H groups in total. The zero-order valence-electron chi connectivity index (χ0n) is 20.8. The predicted octanol–water partition coefficient (Wildman–Crippen LogP) is 7.72. The molecule has 0 radical (unpaired) electrons. The lowest BCUT2D eigenvalue weighted by molar-refractivity contribution is 0.00578. The molecule has 1 aliphatic heterocycles. The van der Waals surface area contributed by atoms with Gasteiger partial charge in [0.05, 0.1) is 22.4 Å². The summed E-state index contributed by atoms with van der Waals surface area (Å²) in [5.74, 6) is 0. The van der Waals surface area contributed by atoms with Crippen molar-refractivity contribution in [2.75, 3.05) is 0 Å². The fraction of sp³-hybridized carbons (Fsp3) is 0.194. The second-order valence-corrected chi connectivity index (χ2v) is 11.7. The van der Waals surface area contributed by atoms with Crippen LogP contribution in [0.15, 0.2) is 84.9 Å². The summed E-state index contributed by atoms with van der Waals surface area (Å²) in [6.45, 7) is 8.36. The Morgan fingerprint density at radius 3 is 2.14 bits per heavy atom. The number of rotatable bonds is 2. The van der Waals surface area contributed by atoms with Gasteiger partial charge >= 0.3 is 7.12 Å². The van der Waals surface area contributed by atoms with E-state index in [4.69, 9.17) is 14.3 Å². The first kappa shape index (κ1) is 22.0. The van der Waals surface area contributed by atoms with Gasteiger partial charge in [-0.3, -0.25) is 0 Å². The molecule has 2 aromatic heterocycles. The lowest BCUT2D eigenvalue weighted by atomic mass is 9.78. The fourth-order valence-electron chi connectivity index (χ4n) is 5.23. The van der Waals surface area contributed by atoms with E-state index < -0.39 is 7.12 Å². The summed E-state index contributed by atoms with van der Waals surface area (Å²) in [7, 11) is -0.419. The second-order valence-electron chi connectivity index (χ2n) is 10.7.